The number of Topliss-reactive ketones (excluding diaryl/α,β-unsaturated/α-hetero) is 1. The van der Waals surface area contributed by atoms with Gasteiger partial charge in [0.15, 0.2) is 5.78 Å². The molecule has 1 saturated heterocycles. The van der Waals surface area contributed by atoms with Gasteiger partial charge in [0.1, 0.15) is 17.2 Å². The first kappa shape index (κ1) is 16.0. The number of amides is 1. The lowest BCUT2D eigenvalue weighted by atomic mass is 10.1. The molecule has 1 aliphatic rings. The number of rotatable bonds is 1. The van der Waals surface area contributed by atoms with E-state index in [1.54, 1.807) is 20.8 Å². The summed E-state index contributed by atoms with van der Waals surface area (Å²) in [5.74, 6) is -1.03. The molecular formula is C16H18FNO4. The van der Waals surface area contributed by atoms with Gasteiger partial charge in [0, 0.05) is 5.56 Å². The van der Waals surface area contributed by atoms with Gasteiger partial charge in [-0.2, -0.15) is 0 Å². The van der Waals surface area contributed by atoms with Gasteiger partial charge in [-0.05, 0) is 45.0 Å². The van der Waals surface area contributed by atoms with Crippen molar-refractivity contribution in [2.45, 2.75) is 26.4 Å². The molecule has 0 spiro atoms. The molecule has 1 aliphatic heterocycles. The van der Waals surface area contributed by atoms with Gasteiger partial charge in [-0.3, -0.25) is 9.69 Å². The summed E-state index contributed by atoms with van der Waals surface area (Å²) in [6.07, 6.45) is -0.609. The predicted molar refractivity (Wildman–Crippen MR) is 78.8 cm³/mol. The monoisotopic (exact) mass is 307 g/mol. The number of carbonyl (C=O) groups is 2. The summed E-state index contributed by atoms with van der Waals surface area (Å²) in [7, 11) is 0. The summed E-state index contributed by atoms with van der Waals surface area (Å²) in [6, 6.07) is 5.14. The van der Waals surface area contributed by atoms with E-state index in [2.05, 4.69) is 0 Å². The Hall–Kier alpha value is -2.37. The number of hydrogen-bond acceptors (Lipinski definition) is 4. The second kappa shape index (κ2) is 5.79. The van der Waals surface area contributed by atoms with Crippen molar-refractivity contribution >= 4 is 17.6 Å². The highest BCUT2D eigenvalue weighted by Gasteiger charge is 2.34. The molecule has 0 bridgehead atoms. The largest absolute Gasteiger partial charge is 0.507 e. The molecule has 1 amide bonds. The van der Waals surface area contributed by atoms with Crippen LogP contribution in [0.15, 0.2) is 29.8 Å². The fraction of sp³-hybridized carbons (Fsp3) is 0.375. The fourth-order valence-electron chi connectivity index (χ4n) is 2.05. The van der Waals surface area contributed by atoms with Crippen molar-refractivity contribution in [3.05, 3.63) is 41.2 Å². The summed E-state index contributed by atoms with van der Waals surface area (Å²) in [5.41, 5.74) is -0.209. The van der Waals surface area contributed by atoms with Gasteiger partial charge in [-0.25, -0.2) is 9.18 Å². The normalized spacial score (nSPS) is 17.6. The van der Waals surface area contributed by atoms with E-state index >= 15 is 0 Å². The van der Waals surface area contributed by atoms with E-state index in [1.165, 1.54) is 29.2 Å². The molecule has 5 nitrogen and oxygen atoms in total. The number of ketones is 1. The second-order valence-electron chi connectivity index (χ2n) is 6.09. The van der Waals surface area contributed by atoms with E-state index in [0.717, 1.165) is 0 Å². The highest BCUT2D eigenvalue weighted by atomic mass is 19.1. The minimum Gasteiger partial charge on any atom is -0.507 e. The highest BCUT2D eigenvalue weighted by molar-refractivity contribution is 6.06. The molecule has 22 heavy (non-hydrogen) atoms. The Morgan fingerprint density at radius 1 is 1.23 bits per heavy atom. The molecule has 1 aromatic rings. The van der Waals surface area contributed by atoms with Crippen molar-refractivity contribution < 1.29 is 23.8 Å². The first-order valence-corrected chi connectivity index (χ1v) is 6.86. The van der Waals surface area contributed by atoms with Gasteiger partial charge in [0.05, 0.1) is 18.7 Å². The van der Waals surface area contributed by atoms with Crippen molar-refractivity contribution in [2.75, 3.05) is 13.1 Å². The van der Waals surface area contributed by atoms with Crippen molar-refractivity contribution in [3.63, 3.8) is 0 Å². The minimum atomic E-state index is -0.661. The van der Waals surface area contributed by atoms with Crippen molar-refractivity contribution in [2.24, 2.45) is 0 Å². The van der Waals surface area contributed by atoms with E-state index < -0.39 is 17.5 Å². The third kappa shape index (κ3) is 3.63. The third-order valence-corrected chi connectivity index (χ3v) is 3.08. The third-order valence-electron chi connectivity index (χ3n) is 3.08. The van der Waals surface area contributed by atoms with Crippen LogP contribution in [-0.4, -0.2) is 40.6 Å². The Labute approximate surface area is 128 Å². The molecule has 1 N–H and O–H groups in total. The Kier molecular flexibility index (Phi) is 4.21. The van der Waals surface area contributed by atoms with Gasteiger partial charge in [-0.1, -0.05) is 0 Å². The molecule has 2 rings (SSSR count). The average Bonchev–Trinajstić information content (AvgIpc) is 2.79. The SMILES string of the molecule is CC(C)(C)OC(=O)N1CC(=O)C(=C(O)c2ccc(F)cc2)C1. The van der Waals surface area contributed by atoms with Crippen LogP contribution < -0.4 is 0 Å². The lowest BCUT2D eigenvalue weighted by molar-refractivity contribution is -0.114. The van der Waals surface area contributed by atoms with E-state index in [4.69, 9.17) is 4.74 Å². The molecule has 0 aliphatic carbocycles. The molecule has 118 valence electrons. The smallest absolute Gasteiger partial charge is 0.411 e. The van der Waals surface area contributed by atoms with E-state index in [-0.39, 0.29) is 30.2 Å². The van der Waals surface area contributed by atoms with E-state index in [1.807, 2.05) is 0 Å². The summed E-state index contributed by atoms with van der Waals surface area (Å²) in [4.78, 5) is 25.2. The predicted octanol–water partition coefficient (Wildman–Crippen LogP) is 2.91. The Morgan fingerprint density at radius 3 is 2.36 bits per heavy atom. The number of ether oxygens (including phenoxy) is 1. The average molecular weight is 307 g/mol. The summed E-state index contributed by atoms with van der Waals surface area (Å²) in [6.45, 7) is 5.02. The summed E-state index contributed by atoms with van der Waals surface area (Å²) in [5, 5.41) is 10.2. The van der Waals surface area contributed by atoms with E-state index in [0.29, 0.717) is 5.56 Å². The fourth-order valence-corrected chi connectivity index (χ4v) is 2.05. The molecule has 0 aromatic heterocycles. The molecule has 1 fully saturated rings. The zero-order valence-corrected chi connectivity index (χ0v) is 12.7. The van der Waals surface area contributed by atoms with Crippen LogP contribution in [0.3, 0.4) is 0 Å². The van der Waals surface area contributed by atoms with Gasteiger partial charge in [0.25, 0.3) is 0 Å². The molecule has 0 unspecified atom stereocenters. The molecular weight excluding hydrogens is 289 g/mol. The molecule has 1 heterocycles. The lowest BCUT2D eigenvalue weighted by Crippen LogP contribution is -2.35. The van der Waals surface area contributed by atoms with Crippen LogP contribution >= 0.6 is 0 Å². The maximum atomic E-state index is 12.9. The summed E-state index contributed by atoms with van der Waals surface area (Å²) >= 11 is 0. The maximum absolute atomic E-state index is 12.9. The number of aliphatic hydroxyl groups excluding tert-OH is 1. The van der Waals surface area contributed by atoms with Crippen LogP contribution in [-0.2, 0) is 9.53 Å². The number of hydrogen-bond donors (Lipinski definition) is 1. The maximum Gasteiger partial charge on any atom is 0.411 e. The van der Waals surface area contributed by atoms with Crippen LogP contribution in [0.25, 0.3) is 5.76 Å². The zero-order chi connectivity index (χ0) is 16.5. The van der Waals surface area contributed by atoms with Crippen molar-refractivity contribution in [1.29, 1.82) is 0 Å². The number of halogens is 1. The molecule has 0 atom stereocenters. The first-order valence-electron chi connectivity index (χ1n) is 6.86. The Bertz CT molecular complexity index is 629. The first-order chi connectivity index (χ1) is 10.2. The number of benzene rings is 1. The summed E-state index contributed by atoms with van der Waals surface area (Å²) < 4.78 is 18.1. The van der Waals surface area contributed by atoms with Crippen LogP contribution in [0.1, 0.15) is 26.3 Å². The standard InChI is InChI=1S/C16H18FNO4/c1-16(2,3)22-15(21)18-8-12(13(19)9-18)14(20)10-4-6-11(17)7-5-10/h4-7,20H,8-9H2,1-3H3. The van der Waals surface area contributed by atoms with Crippen molar-refractivity contribution in [3.8, 4) is 0 Å². The number of carbonyl (C=O) groups excluding carboxylic acids is 2. The number of aliphatic hydroxyl groups is 1. The van der Waals surface area contributed by atoms with Gasteiger partial charge in [0.2, 0.25) is 0 Å². The highest BCUT2D eigenvalue weighted by Crippen LogP contribution is 2.23. The number of likely N-dealkylation sites (tertiary alicyclic amines) is 1. The Morgan fingerprint density at radius 2 is 1.82 bits per heavy atom. The zero-order valence-electron chi connectivity index (χ0n) is 12.7. The van der Waals surface area contributed by atoms with Crippen LogP contribution in [0.2, 0.25) is 0 Å². The minimum absolute atomic E-state index is 0.0308. The molecule has 0 radical (unpaired) electrons. The van der Waals surface area contributed by atoms with Crippen LogP contribution in [0.5, 0.6) is 0 Å². The van der Waals surface area contributed by atoms with Gasteiger partial charge < -0.3 is 9.84 Å². The number of nitrogens with zero attached hydrogens (tertiary/aromatic N) is 1. The quantitative estimate of drug-likeness (QED) is 0.640. The topological polar surface area (TPSA) is 66.8 Å². The van der Waals surface area contributed by atoms with Crippen LogP contribution in [0.4, 0.5) is 9.18 Å². The Balaban J connectivity index is 2.20. The molecule has 6 heteroatoms. The van der Waals surface area contributed by atoms with Crippen molar-refractivity contribution in [1.82, 2.24) is 4.90 Å². The second-order valence-corrected chi connectivity index (χ2v) is 6.09. The van der Waals surface area contributed by atoms with Crippen LogP contribution in [0, 0.1) is 5.82 Å². The lowest BCUT2D eigenvalue weighted by Gasteiger charge is -2.23. The van der Waals surface area contributed by atoms with Gasteiger partial charge in [-0.15, -0.1) is 0 Å². The van der Waals surface area contributed by atoms with Gasteiger partial charge >= 0.3 is 6.09 Å². The molecule has 0 saturated carbocycles. The van der Waals surface area contributed by atoms with E-state index in [9.17, 15) is 19.1 Å². The molecule has 1 aromatic carbocycles.